The third-order valence-corrected chi connectivity index (χ3v) is 4.74. The van der Waals surface area contributed by atoms with Crippen LogP contribution >= 0.6 is 0 Å². The molecular formula is C18H22N6O4. The lowest BCUT2D eigenvalue weighted by atomic mass is 10.2. The summed E-state index contributed by atoms with van der Waals surface area (Å²) in [5, 5.41) is 14.0. The van der Waals surface area contributed by atoms with E-state index >= 15 is 0 Å². The van der Waals surface area contributed by atoms with Gasteiger partial charge in [-0.2, -0.15) is 0 Å². The minimum absolute atomic E-state index is 0.152. The van der Waals surface area contributed by atoms with E-state index in [1.165, 1.54) is 19.2 Å². The number of anilines is 2. The molecule has 0 bridgehead atoms. The van der Waals surface area contributed by atoms with E-state index in [1.807, 2.05) is 4.90 Å². The fraction of sp³-hybridized carbons (Fsp3) is 0.389. The van der Waals surface area contributed by atoms with Gasteiger partial charge in [0.1, 0.15) is 11.4 Å². The average molecular weight is 386 g/mol. The van der Waals surface area contributed by atoms with Crippen molar-refractivity contribution in [2.24, 2.45) is 0 Å². The summed E-state index contributed by atoms with van der Waals surface area (Å²) in [6.45, 7) is 4.52. The molecule has 1 aliphatic heterocycles. The number of nitro groups is 1. The SMILES string of the molecule is COc1ccc(NC(=O)[C@@H](C)N2CCN(c3ncccn3)CC2)c([N+](=O)[O-])c1. The van der Waals surface area contributed by atoms with Crippen molar-refractivity contribution in [3.05, 3.63) is 46.8 Å². The number of hydrogen-bond donors (Lipinski definition) is 1. The average Bonchev–Trinajstić information content (AvgIpc) is 2.74. The highest BCUT2D eigenvalue weighted by Gasteiger charge is 2.28. The smallest absolute Gasteiger partial charge is 0.296 e. The van der Waals surface area contributed by atoms with Gasteiger partial charge in [-0.25, -0.2) is 9.97 Å². The predicted molar refractivity (Wildman–Crippen MR) is 104 cm³/mol. The van der Waals surface area contributed by atoms with Crippen LogP contribution in [-0.4, -0.2) is 65.0 Å². The molecule has 1 aromatic carbocycles. The fourth-order valence-corrected chi connectivity index (χ4v) is 3.06. The number of rotatable bonds is 6. The number of nitrogens with zero attached hydrogens (tertiary/aromatic N) is 5. The van der Waals surface area contributed by atoms with Crippen molar-refractivity contribution in [1.29, 1.82) is 0 Å². The van der Waals surface area contributed by atoms with Crippen molar-refractivity contribution in [1.82, 2.24) is 14.9 Å². The van der Waals surface area contributed by atoms with Crippen LogP contribution in [0.2, 0.25) is 0 Å². The van der Waals surface area contributed by atoms with Gasteiger partial charge in [-0.3, -0.25) is 19.8 Å². The first kappa shape index (κ1) is 19.5. The Kier molecular flexibility index (Phi) is 5.99. The van der Waals surface area contributed by atoms with Gasteiger partial charge >= 0.3 is 0 Å². The summed E-state index contributed by atoms with van der Waals surface area (Å²) >= 11 is 0. The van der Waals surface area contributed by atoms with Gasteiger partial charge in [0.15, 0.2) is 0 Å². The summed E-state index contributed by atoms with van der Waals surface area (Å²) in [5.41, 5.74) is -0.0510. The van der Waals surface area contributed by atoms with Gasteiger partial charge in [0.2, 0.25) is 11.9 Å². The lowest BCUT2D eigenvalue weighted by molar-refractivity contribution is -0.384. The monoisotopic (exact) mass is 386 g/mol. The predicted octanol–water partition coefficient (Wildman–Crippen LogP) is 1.54. The molecule has 28 heavy (non-hydrogen) atoms. The molecule has 10 heteroatoms. The number of aromatic nitrogens is 2. The van der Waals surface area contributed by atoms with Gasteiger partial charge in [-0.15, -0.1) is 0 Å². The molecule has 1 saturated heterocycles. The van der Waals surface area contributed by atoms with Crippen LogP contribution in [0.4, 0.5) is 17.3 Å². The minimum atomic E-state index is -0.540. The summed E-state index contributed by atoms with van der Waals surface area (Å²) < 4.78 is 5.01. The highest BCUT2D eigenvalue weighted by molar-refractivity contribution is 5.96. The first-order valence-corrected chi connectivity index (χ1v) is 8.89. The van der Waals surface area contributed by atoms with E-state index in [9.17, 15) is 14.9 Å². The molecular weight excluding hydrogens is 364 g/mol. The lowest BCUT2D eigenvalue weighted by Gasteiger charge is -2.37. The zero-order valence-corrected chi connectivity index (χ0v) is 15.7. The van der Waals surface area contributed by atoms with Gasteiger partial charge in [0, 0.05) is 38.6 Å². The summed E-state index contributed by atoms with van der Waals surface area (Å²) in [5.74, 6) is 0.739. The Bertz CT molecular complexity index is 839. The minimum Gasteiger partial charge on any atom is -0.496 e. The molecule has 0 saturated carbocycles. The number of piperazine rings is 1. The second kappa shape index (κ2) is 8.61. The van der Waals surface area contributed by atoms with E-state index < -0.39 is 11.0 Å². The van der Waals surface area contributed by atoms with Gasteiger partial charge in [0.25, 0.3) is 5.69 Å². The van der Waals surface area contributed by atoms with Gasteiger partial charge < -0.3 is 15.0 Å². The van der Waals surface area contributed by atoms with Gasteiger partial charge in [-0.1, -0.05) is 0 Å². The third-order valence-electron chi connectivity index (χ3n) is 4.74. The zero-order valence-electron chi connectivity index (χ0n) is 15.7. The van der Waals surface area contributed by atoms with Crippen LogP contribution in [0.5, 0.6) is 5.75 Å². The summed E-state index contributed by atoms with van der Waals surface area (Å²) in [6, 6.07) is 5.68. The number of carbonyl (C=O) groups excluding carboxylic acids is 1. The molecule has 1 fully saturated rings. The molecule has 0 radical (unpaired) electrons. The van der Waals surface area contributed by atoms with Crippen LogP contribution < -0.4 is 15.0 Å². The quantitative estimate of drug-likeness (QED) is 0.587. The molecule has 1 atom stereocenters. The van der Waals surface area contributed by atoms with E-state index in [2.05, 4.69) is 20.2 Å². The normalized spacial score (nSPS) is 15.7. The number of nitro benzene ring substituents is 1. The number of hydrogen-bond acceptors (Lipinski definition) is 8. The van der Waals surface area contributed by atoms with Crippen molar-refractivity contribution in [3.63, 3.8) is 0 Å². The Morgan fingerprint density at radius 2 is 1.93 bits per heavy atom. The van der Waals surface area contributed by atoms with Gasteiger partial charge in [0.05, 0.1) is 24.1 Å². The number of amides is 1. The second-order valence-corrected chi connectivity index (χ2v) is 6.38. The van der Waals surface area contributed by atoms with E-state index in [0.29, 0.717) is 37.9 Å². The molecule has 1 N–H and O–H groups in total. The molecule has 1 aliphatic rings. The molecule has 1 aromatic heterocycles. The molecule has 2 heterocycles. The van der Waals surface area contributed by atoms with Crippen LogP contribution in [0.25, 0.3) is 0 Å². The zero-order chi connectivity index (χ0) is 20.1. The highest BCUT2D eigenvalue weighted by Crippen LogP contribution is 2.29. The maximum absolute atomic E-state index is 12.6. The van der Waals surface area contributed by atoms with Crippen molar-refractivity contribution in [2.75, 3.05) is 43.5 Å². The van der Waals surface area contributed by atoms with E-state index in [4.69, 9.17) is 4.74 Å². The van der Waals surface area contributed by atoms with Crippen molar-refractivity contribution < 1.29 is 14.5 Å². The number of methoxy groups -OCH3 is 1. The van der Waals surface area contributed by atoms with Crippen LogP contribution in [0.1, 0.15) is 6.92 Å². The van der Waals surface area contributed by atoms with Gasteiger partial charge in [-0.05, 0) is 25.1 Å². The largest absolute Gasteiger partial charge is 0.496 e. The Balaban J connectivity index is 1.62. The Morgan fingerprint density at radius 1 is 1.25 bits per heavy atom. The standard InChI is InChI=1S/C18H22N6O4/c1-13(22-8-10-23(11-9-22)18-19-6-3-7-20-18)17(25)21-15-5-4-14(28-2)12-16(15)24(26)27/h3-7,12-13H,8-11H2,1-2H3,(H,21,25)/t13-/m1/s1. The van der Waals surface area contributed by atoms with Crippen LogP contribution in [0, 0.1) is 10.1 Å². The number of carbonyl (C=O) groups is 1. The summed E-state index contributed by atoms with van der Waals surface area (Å²) in [7, 11) is 1.43. The Morgan fingerprint density at radius 3 is 2.54 bits per heavy atom. The van der Waals surface area contributed by atoms with Crippen LogP contribution in [0.15, 0.2) is 36.7 Å². The maximum Gasteiger partial charge on any atom is 0.296 e. The van der Waals surface area contributed by atoms with E-state index in [-0.39, 0.29) is 17.3 Å². The molecule has 1 amide bonds. The highest BCUT2D eigenvalue weighted by atomic mass is 16.6. The van der Waals surface area contributed by atoms with E-state index in [0.717, 1.165) is 0 Å². The number of ether oxygens (including phenoxy) is 1. The summed E-state index contributed by atoms with van der Waals surface area (Å²) in [4.78, 5) is 36.0. The molecule has 10 nitrogen and oxygen atoms in total. The van der Waals surface area contributed by atoms with Crippen molar-refractivity contribution in [2.45, 2.75) is 13.0 Å². The summed E-state index contributed by atoms with van der Waals surface area (Å²) in [6.07, 6.45) is 3.40. The first-order valence-electron chi connectivity index (χ1n) is 8.89. The molecule has 148 valence electrons. The molecule has 0 unspecified atom stereocenters. The molecule has 0 aliphatic carbocycles. The van der Waals surface area contributed by atoms with Crippen molar-refractivity contribution >= 4 is 23.2 Å². The molecule has 0 spiro atoms. The first-order chi connectivity index (χ1) is 13.5. The Labute approximate surface area is 162 Å². The van der Waals surface area contributed by atoms with Crippen LogP contribution in [0.3, 0.4) is 0 Å². The lowest BCUT2D eigenvalue weighted by Crippen LogP contribution is -2.53. The topological polar surface area (TPSA) is 114 Å². The Hall–Kier alpha value is -3.27. The molecule has 3 rings (SSSR count). The van der Waals surface area contributed by atoms with E-state index in [1.54, 1.807) is 31.5 Å². The maximum atomic E-state index is 12.6. The third kappa shape index (κ3) is 4.34. The second-order valence-electron chi connectivity index (χ2n) is 6.38. The fourth-order valence-electron chi connectivity index (χ4n) is 3.06. The molecule has 2 aromatic rings. The van der Waals surface area contributed by atoms with Crippen LogP contribution in [-0.2, 0) is 4.79 Å². The van der Waals surface area contributed by atoms with Crippen molar-refractivity contribution in [3.8, 4) is 5.75 Å². The number of nitrogens with one attached hydrogen (secondary N) is 1. The number of benzene rings is 1.